The molecule has 0 bridgehead atoms. The molecule has 0 unspecified atom stereocenters. The normalized spacial score (nSPS) is 14.5. The number of amides is 1. The van der Waals surface area contributed by atoms with Crippen LogP contribution in [0.3, 0.4) is 0 Å². The summed E-state index contributed by atoms with van der Waals surface area (Å²) < 4.78 is 7.43. The summed E-state index contributed by atoms with van der Waals surface area (Å²) in [5.41, 5.74) is 3.14. The van der Waals surface area contributed by atoms with Crippen molar-refractivity contribution in [1.82, 2.24) is 20.0 Å². The van der Waals surface area contributed by atoms with E-state index in [0.717, 1.165) is 42.3 Å². The fourth-order valence-electron chi connectivity index (χ4n) is 3.44. The molecule has 0 aliphatic carbocycles. The van der Waals surface area contributed by atoms with Gasteiger partial charge in [0, 0.05) is 39.5 Å². The molecule has 1 aliphatic rings. The van der Waals surface area contributed by atoms with Crippen LogP contribution in [0.1, 0.15) is 31.4 Å². The molecule has 2 heterocycles. The SMILES string of the molecule is CCCOCc1ccccc1CN=C(NCC)N1CCN(c2cnn(C)c2)C(=O)C1.I. The van der Waals surface area contributed by atoms with Crippen molar-refractivity contribution < 1.29 is 9.53 Å². The Bertz CT molecular complexity index is 869. The fraction of sp³-hybridized carbons (Fsp3) is 0.500. The number of aliphatic imine (C=N–C) groups is 1. The van der Waals surface area contributed by atoms with Gasteiger partial charge in [0.2, 0.25) is 5.91 Å². The highest BCUT2D eigenvalue weighted by molar-refractivity contribution is 14.0. The molecule has 170 valence electrons. The number of aryl methyl sites for hydroxylation is 1. The number of aromatic nitrogens is 2. The Balaban J connectivity index is 0.00000341. The second kappa shape index (κ2) is 12.7. The van der Waals surface area contributed by atoms with Crippen molar-refractivity contribution >= 4 is 41.5 Å². The average molecular weight is 540 g/mol. The van der Waals surface area contributed by atoms with E-state index < -0.39 is 0 Å². The number of rotatable bonds is 8. The van der Waals surface area contributed by atoms with Crippen molar-refractivity contribution in [2.45, 2.75) is 33.4 Å². The van der Waals surface area contributed by atoms with Crippen molar-refractivity contribution in [3.8, 4) is 0 Å². The number of anilines is 1. The largest absolute Gasteiger partial charge is 0.377 e. The van der Waals surface area contributed by atoms with E-state index in [0.29, 0.717) is 32.8 Å². The summed E-state index contributed by atoms with van der Waals surface area (Å²) in [6.45, 7) is 8.40. The van der Waals surface area contributed by atoms with Gasteiger partial charge in [-0.3, -0.25) is 9.48 Å². The lowest BCUT2D eigenvalue weighted by atomic mass is 10.1. The molecule has 0 radical (unpaired) electrons. The Labute approximate surface area is 201 Å². The number of carbonyl (C=O) groups excluding carboxylic acids is 1. The van der Waals surface area contributed by atoms with Crippen LogP contribution in [-0.4, -0.2) is 59.3 Å². The van der Waals surface area contributed by atoms with Gasteiger partial charge in [0.15, 0.2) is 5.96 Å². The van der Waals surface area contributed by atoms with Gasteiger partial charge < -0.3 is 19.9 Å². The molecular weight excluding hydrogens is 507 g/mol. The van der Waals surface area contributed by atoms with E-state index >= 15 is 0 Å². The molecule has 1 fully saturated rings. The molecule has 2 aromatic rings. The van der Waals surface area contributed by atoms with E-state index in [2.05, 4.69) is 29.5 Å². The first-order chi connectivity index (χ1) is 14.6. The summed E-state index contributed by atoms with van der Waals surface area (Å²) in [6, 6.07) is 8.23. The molecule has 1 saturated heterocycles. The number of piperazine rings is 1. The lowest BCUT2D eigenvalue weighted by Gasteiger charge is -2.35. The number of halogens is 1. The molecule has 0 saturated carbocycles. The highest BCUT2D eigenvalue weighted by Gasteiger charge is 2.27. The molecule has 1 aromatic heterocycles. The van der Waals surface area contributed by atoms with Gasteiger partial charge in [0.1, 0.15) is 6.54 Å². The maximum Gasteiger partial charge on any atom is 0.246 e. The Morgan fingerprint density at radius 3 is 2.65 bits per heavy atom. The van der Waals surface area contributed by atoms with Gasteiger partial charge >= 0.3 is 0 Å². The molecular formula is C22H33IN6O2. The van der Waals surface area contributed by atoms with Gasteiger partial charge in [-0.2, -0.15) is 5.10 Å². The Hall–Kier alpha value is -2.14. The first-order valence-corrected chi connectivity index (χ1v) is 10.6. The number of guanidine groups is 1. The summed E-state index contributed by atoms with van der Waals surface area (Å²) in [4.78, 5) is 21.4. The predicted octanol–water partition coefficient (Wildman–Crippen LogP) is 2.78. The quantitative estimate of drug-likeness (QED) is 0.241. The van der Waals surface area contributed by atoms with Crippen molar-refractivity contribution in [2.75, 3.05) is 37.7 Å². The highest BCUT2D eigenvalue weighted by atomic mass is 127. The van der Waals surface area contributed by atoms with Gasteiger partial charge in [0.05, 0.1) is 25.0 Å². The minimum Gasteiger partial charge on any atom is -0.377 e. The first-order valence-electron chi connectivity index (χ1n) is 10.6. The van der Waals surface area contributed by atoms with Crippen LogP contribution < -0.4 is 10.2 Å². The monoisotopic (exact) mass is 540 g/mol. The number of nitrogens with one attached hydrogen (secondary N) is 1. The number of nitrogens with zero attached hydrogens (tertiary/aromatic N) is 5. The lowest BCUT2D eigenvalue weighted by molar-refractivity contribution is -0.120. The van der Waals surface area contributed by atoms with Crippen LogP contribution in [-0.2, 0) is 29.7 Å². The van der Waals surface area contributed by atoms with E-state index in [1.165, 1.54) is 0 Å². The number of ether oxygens (including phenoxy) is 1. The minimum atomic E-state index is 0. The maximum atomic E-state index is 12.7. The first kappa shape index (κ1) is 25.1. The second-order valence-electron chi connectivity index (χ2n) is 7.33. The zero-order valence-corrected chi connectivity index (χ0v) is 20.9. The Kier molecular flexibility index (Phi) is 10.3. The summed E-state index contributed by atoms with van der Waals surface area (Å²) in [7, 11) is 1.85. The topological polar surface area (TPSA) is 75.0 Å². The third-order valence-corrected chi connectivity index (χ3v) is 4.98. The van der Waals surface area contributed by atoms with E-state index in [9.17, 15) is 4.79 Å². The van der Waals surface area contributed by atoms with Crippen LogP contribution in [0.4, 0.5) is 5.69 Å². The standard InChI is InChI=1S/C22H32N6O2.HI/c1-4-12-30-17-19-9-7-6-8-18(19)13-24-22(23-5-2)27-10-11-28(21(29)16-27)20-14-25-26(3)15-20;/h6-9,14-15H,4-5,10-13,16-17H2,1-3H3,(H,23,24);1H. The van der Waals surface area contributed by atoms with Gasteiger partial charge in [0.25, 0.3) is 0 Å². The number of benzene rings is 1. The van der Waals surface area contributed by atoms with Crippen LogP contribution in [0.2, 0.25) is 0 Å². The third kappa shape index (κ3) is 6.93. The number of hydrogen-bond acceptors (Lipinski definition) is 4. The van der Waals surface area contributed by atoms with Crippen molar-refractivity contribution in [3.63, 3.8) is 0 Å². The fourth-order valence-corrected chi connectivity index (χ4v) is 3.44. The second-order valence-corrected chi connectivity index (χ2v) is 7.33. The van der Waals surface area contributed by atoms with Gasteiger partial charge in [-0.15, -0.1) is 24.0 Å². The molecule has 3 rings (SSSR count). The zero-order valence-electron chi connectivity index (χ0n) is 18.6. The molecule has 9 heteroatoms. The summed E-state index contributed by atoms with van der Waals surface area (Å²) in [5, 5.41) is 7.50. The molecule has 1 aliphatic heterocycles. The van der Waals surface area contributed by atoms with Gasteiger partial charge in [-0.05, 0) is 24.5 Å². The van der Waals surface area contributed by atoms with E-state index in [1.54, 1.807) is 15.8 Å². The molecule has 1 amide bonds. The predicted molar refractivity (Wildman–Crippen MR) is 134 cm³/mol. The Morgan fingerprint density at radius 1 is 1.23 bits per heavy atom. The third-order valence-electron chi connectivity index (χ3n) is 4.98. The van der Waals surface area contributed by atoms with Crippen LogP contribution in [0.5, 0.6) is 0 Å². The van der Waals surface area contributed by atoms with Crippen LogP contribution >= 0.6 is 24.0 Å². The minimum absolute atomic E-state index is 0. The van der Waals surface area contributed by atoms with Crippen molar-refractivity contribution in [1.29, 1.82) is 0 Å². The van der Waals surface area contributed by atoms with Crippen LogP contribution in [0.15, 0.2) is 41.7 Å². The van der Waals surface area contributed by atoms with Crippen LogP contribution in [0, 0.1) is 0 Å². The Morgan fingerprint density at radius 2 is 2.00 bits per heavy atom. The molecule has 1 aromatic carbocycles. The zero-order chi connectivity index (χ0) is 21.3. The number of hydrogen-bond donors (Lipinski definition) is 1. The van der Waals surface area contributed by atoms with E-state index in [4.69, 9.17) is 9.73 Å². The molecule has 0 atom stereocenters. The van der Waals surface area contributed by atoms with Gasteiger partial charge in [-0.25, -0.2) is 4.99 Å². The van der Waals surface area contributed by atoms with E-state index in [1.807, 2.05) is 37.2 Å². The van der Waals surface area contributed by atoms with Crippen molar-refractivity contribution in [2.24, 2.45) is 12.0 Å². The van der Waals surface area contributed by atoms with Gasteiger partial charge in [-0.1, -0.05) is 31.2 Å². The molecule has 1 N–H and O–H groups in total. The smallest absolute Gasteiger partial charge is 0.246 e. The summed E-state index contributed by atoms with van der Waals surface area (Å²) >= 11 is 0. The maximum absolute atomic E-state index is 12.7. The molecule has 8 nitrogen and oxygen atoms in total. The molecule has 31 heavy (non-hydrogen) atoms. The average Bonchev–Trinajstić information content (AvgIpc) is 3.18. The summed E-state index contributed by atoms with van der Waals surface area (Å²) in [5.74, 6) is 0.814. The number of carbonyl (C=O) groups is 1. The highest BCUT2D eigenvalue weighted by Crippen LogP contribution is 2.17. The van der Waals surface area contributed by atoms with Crippen LogP contribution in [0.25, 0.3) is 0 Å². The van der Waals surface area contributed by atoms with E-state index in [-0.39, 0.29) is 29.9 Å². The lowest BCUT2D eigenvalue weighted by Crippen LogP contribution is -2.55. The molecule has 0 spiro atoms. The van der Waals surface area contributed by atoms with Crippen molar-refractivity contribution in [3.05, 3.63) is 47.8 Å². The summed E-state index contributed by atoms with van der Waals surface area (Å²) in [6.07, 6.45) is 4.60.